The Kier molecular flexibility index (Phi) is 10.6. The summed E-state index contributed by atoms with van der Waals surface area (Å²) in [6.07, 6.45) is 1.99. The van der Waals surface area contributed by atoms with E-state index in [-0.39, 0.29) is 11.4 Å². The molecule has 3 aromatic carbocycles. The third-order valence-corrected chi connectivity index (χ3v) is 9.51. The number of aliphatic carboxylic acids is 1. The number of sulfone groups is 1. The highest BCUT2D eigenvalue weighted by atomic mass is 32.2. The Bertz CT molecular complexity index is 1500. The summed E-state index contributed by atoms with van der Waals surface area (Å²) in [6, 6.07) is 26.1. The Labute approximate surface area is 246 Å². The highest BCUT2D eigenvalue weighted by Gasteiger charge is 2.23. The largest absolute Gasteiger partial charge is 0.494 e. The maximum absolute atomic E-state index is 13.1. The number of benzene rings is 3. The van der Waals surface area contributed by atoms with Crippen molar-refractivity contribution < 1.29 is 23.1 Å². The topological polar surface area (TPSA) is 95.9 Å². The highest BCUT2D eigenvalue weighted by molar-refractivity contribution is 7.92. The molecule has 4 aromatic rings. The number of nitrogens with zero attached hydrogens (tertiary/aromatic N) is 1. The molecule has 1 aromatic heterocycles. The van der Waals surface area contributed by atoms with E-state index in [0.717, 1.165) is 34.4 Å². The van der Waals surface area contributed by atoms with Gasteiger partial charge in [-0.2, -0.15) is 0 Å². The van der Waals surface area contributed by atoms with Crippen LogP contribution in [0.2, 0.25) is 0 Å². The summed E-state index contributed by atoms with van der Waals surface area (Å²) in [5, 5.41) is 13.7. The van der Waals surface area contributed by atoms with Crippen LogP contribution >= 0.6 is 11.3 Å². The third-order valence-electron chi connectivity index (χ3n) is 6.61. The minimum Gasteiger partial charge on any atom is -0.494 e. The van der Waals surface area contributed by atoms with Crippen LogP contribution in [0.5, 0.6) is 5.75 Å². The molecule has 1 atom stereocenters. The van der Waals surface area contributed by atoms with Gasteiger partial charge in [-0.05, 0) is 77.9 Å². The highest BCUT2D eigenvalue weighted by Crippen LogP contribution is 2.29. The number of carboxylic acid groups (broad SMARTS) is 1. The zero-order chi connectivity index (χ0) is 29.2. The molecular weight excluding hydrogens is 556 g/mol. The SMILES string of the molecule is CCCCOc1ccc(S(=O)(=O)C(C)Nc2ccc(-c3csc(CN(CC(=O)O)Cc4ccccc4)c3)cc2)cc1. The van der Waals surface area contributed by atoms with E-state index in [4.69, 9.17) is 4.74 Å². The fourth-order valence-corrected chi connectivity index (χ4v) is 6.52. The molecule has 4 rings (SSSR count). The Morgan fingerprint density at radius 3 is 2.34 bits per heavy atom. The molecule has 0 fully saturated rings. The zero-order valence-corrected chi connectivity index (χ0v) is 25.0. The Morgan fingerprint density at radius 1 is 0.976 bits per heavy atom. The number of thiophene rings is 1. The molecule has 41 heavy (non-hydrogen) atoms. The molecule has 0 aliphatic carbocycles. The molecule has 0 aliphatic heterocycles. The monoisotopic (exact) mass is 592 g/mol. The van der Waals surface area contributed by atoms with E-state index in [2.05, 4.69) is 23.7 Å². The fourth-order valence-electron chi connectivity index (χ4n) is 4.37. The first-order valence-electron chi connectivity index (χ1n) is 13.6. The van der Waals surface area contributed by atoms with Crippen LogP contribution in [0.4, 0.5) is 5.69 Å². The quantitative estimate of drug-likeness (QED) is 0.145. The van der Waals surface area contributed by atoms with Gasteiger partial charge >= 0.3 is 5.97 Å². The van der Waals surface area contributed by atoms with E-state index >= 15 is 0 Å². The van der Waals surface area contributed by atoms with Crippen LogP contribution in [0, 0.1) is 0 Å². The lowest BCUT2D eigenvalue weighted by Gasteiger charge is -2.19. The molecule has 0 saturated heterocycles. The van der Waals surface area contributed by atoms with Crippen molar-refractivity contribution in [3.05, 3.63) is 101 Å². The maximum atomic E-state index is 13.1. The third kappa shape index (κ3) is 8.66. The van der Waals surface area contributed by atoms with E-state index in [0.29, 0.717) is 31.1 Å². The number of ether oxygens (including phenoxy) is 1. The second kappa shape index (κ2) is 14.3. The first kappa shape index (κ1) is 30.3. The molecule has 9 heteroatoms. The number of anilines is 1. The molecule has 216 valence electrons. The molecule has 1 heterocycles. The molecule has 0 radical (unpaired) electrons. The average Bonchev–Trinajstić information content (AvgIpc) is 3.42. The van der Waals surface area contributed by atoms with Crippen LogP contribution in [-0.2, 0) is 27.7 Å². The average molecular weight is 593 g/mol. The second-order valence-corrected chi connectivity index (χ2v) is 13.2. The standard InChI is InChI=1S/C32H36N2O5S2/c1-3-4-18-39-29-14-16-31(17-15-29)41(37,38)24(2)33-28-12-10-26(11-13-28)27-19-30(40-23-27)21-34(22-32(35)36)20-25-8-6-5-7-9-25/h5-17,19,23-24,33H,3-4,18,20-22H2,1-2H3,(H,35,36). The predicted octanol–water partition coefficient (Wildman–Crippen LogP) is 6.91. The van der Waals surface area contributed by atoms with Crippen LogP contribution in [0.1, 0.15) is 37.1 Å². The lowest BCUT2D eigenvalue weighted by molar-refractivity contribution is -0.138. The lowest BCUT2D eigenvalue weighted by atomic mass is 10.1. The van der Waals surface area contributed by atoms with Crippen molar-refractivity contribution in [1.29, 1.82) is 0 Å². The van der Waals surface area contributed by atoms with Crippen molar-refractivity contribution in [3.63, 3.8) is 0 Å². The summed E-state index contributed by atoms with van der Waals surface area (Å²) < 4.78 is 31.9. The first-order chi connectivity index (χ1) is 19.7. The van der Waals surface area contributed by atoms with Crippen LogP contribution in [-0.4, -0.2) is 42.9 Å². The summed E-state index contributed by atoms with van der Waals surface area (Å²) in [4.78, 5) is 14.7. The number of unbranched alkanes of at least 4 members (excludes halogenated alkanes) is 1. The summed E-state index contributed by atoms with van der Waals surface area (Å²) in [6.45, 7) is 5.39. The molecular formula is C32H36N2O5S2. The number of hydrogen-bond acceptors (Lipinski definition) is 7. The number of carbonyl (C=O) groups is 1. The van der Waals surface area contributed by atoms with E-state index in [1.165, 1.54) is 0 Å². The maximum Gasteiger partial charge on any atom is 0.317 e. The number of hydrogen-bond donors (Lipinski definition) is 2. The van der Waals surface area contributed by atoms with Crippen molar-refractivity contribution in [2.75, 3.05) is 18.5 Å². The van der Waals surface area contributed by atoms with Crippen molar-refractivity contribution in [2.24, 2.45) is 0 Å². The molecule has 2 N–H and O–H groups in total. The minimum atomic E-state index is -3.59. The van der Waals surface area contributed by atoms with E-state index in [9.17, 15) is 18.3 Å². The van der Waals surface area contributed by atoms with Gasteiger partial charge in [-0.3, -0.25) is 9.69 Å². The van der Waals surface area contributed by atoms with Gasteiger partial charge < -0.3 is 15.2 Å². The zero-order valence-electron chi connectivity index (χ0n) is 23.3. The van der Waals surface area contributed by atoms with Gasteiger partial charge in [0.05, 0.1) is 18.0 Å². The summed E-state index contributed by atoms with van der Waals surface area (Å²) in [5.74, 6) is -0.193. The molecule has 0 amide bonds. The van der Waals surface area contributed by atoms with Gasteiger partial charge in [-0.15, -0.1) is 11.3 Å². The van der Waals surface area contributed by atoms with Crippen LogP contribution in [0.3, 0.4) is 0 Å². The van der Waals surface area contributed by atoms with Crippen molar-refractivity contribution in [1.82, 2.24) is 4.90 Å². The molecule has 0 saturated carbocycles. The molecule has 0 bridgehead atoms. The van der Waals surface area contributed by atoms with Gasteiger partial charge in [0, 0.05) is 23.7 Å². The van der Waals surface area contributed by atoms with Gasteiger partial charge in [-0.25, -0.2) is 8.42 Å². The fraction of sp³-hybridized carbons (Fsp3) is 0.281. The smallest absolute Gasteiger partial charge is 0.317 e. The Balaban J connectivity index is 1.37. The van der Waals surface area contributed by atoms with E-state index in [1.807, 2.05) is 59.5 Å². The second-order valence-electron chi connectivity index (χ2n) is 9.91. The molecule has 0 spiro atoms. The van der Waals surface area contributed by atoms with Gasteiger partial charge in [0.15, 0.2) is 9.84 Å². The Morgan fingerprint density at radius 2 is 1.68 bits per heavy atom. The summed E-state index contributed by atoms with van der Waals surface area (Å²) in [7, 11) is -3.59. The van der Waals surface area contributed by atoms with Gasteiger partial charge in [0.2, 0.25) is 0 Å². The lowest BCUT2D eigenvalue weighted by Crippen LogP contribution is -2.28. The van der Waals surface area contributed by atoms with Gasteiger partial charge in [0.25, 0.3) is 0 Å². The normalized spacial score (nSPS) is 12.3. The van der Waals surface area contributed by atoms with E-state index < -0.39 is 21.2 Å². The van der Waals surface area contributed by atoms with Crippen LogP contribution in [0.15, 0.2) is 95.2 Å². The number of rotatable bonds is 15. The first-order valence-corrected chi connectivity index (χ1v) is 16.1. The number of carboxylic acids is 1. The molecule has 0 aliphatic rings. The van der Waals surface area contributed by atoms with E-state index in [1.54, 1.807) is 42.5 Å². The van der Waals surface area contributed by atoms with Crippen molar-refractivity contribution in [3.8, 4) is 16.9 Å². The predicted molar refractivity (Wildman–Crippen MR) is 165 cm³/mol. The van der Waals surface area contributed by atoms with Crippen molar-refractivity contribution >= 4 is 32.8 Å². The molecule has 7 nitrogen and oxygen atoms in total. The van der Waals surface area contributed by atoms with Crippen LogP contribution < -0.4 is 10.1 Å². The van der Waals surface area contributed by atoms with Crippen molar-refractivity contribution in [2.45, 2.75) is 50.0 Å². The summed E-state index contributed by atoms with van der Waals surface area (Å²) >= 11 is 1.59. The Hall–Kier alpha value is -3.66. The van der Waals surface area contributed by atoms with Crippen LogP contribution in [0.25, 0.3) is 11.1 Å². The van der Waals surface area contributed by atoms with Gasteiger partial charge in [-0.1, -0.05) is 55.8 Å². The van der Waals surface area contributed by atoms with Gasteiger partial charge in [0.1, 0.15) is 11.1 Å². The number of nitrogens with one attached hydrogen (secondary N) is 1. The minimum absolute atomic E-state index is 0.0412. The molecule has 1 unspecified atom stereocenters. The summed E-state index contributed by atoms with van der Waals surface area (Å²) in [5.41, 5.74) is 3.81.